The molecule has 1 aliphatic heterocycles. The largest absolute Gasteiger partial charge is 0.459 e. The molecule has 1 saturated heterocycles. The average Bonchev–Trinajstić information content (AvgIpc) is 3.41. The van der Waals surface area contributed by atoms with Crippen molar-refractivity contribution in [3.8, 4) is 0 Å². The maximum absolute atomic E-state index is 12.7. The van der Waals surface area contributed by atoms with Gasteiger partial charge in [0, 0.05) is 25.6 Å². The van der Waals surface area contributed by atoms with Crippen LogP contribution < -0.4 is 5.32 Å². The molecule has 0 saturated carbocycles. The molecule has 152 valence electrons. The number of rotatable bonds is 6. The summed E-state index contributed by atoms with van der Waals surface area (Å²) in [6, 6.07) is 11.4. The van der Waals surface area contributed by atoms with E-state index in [-0.39, 0.29) is 30.0 Å². The first-order valence-electron chi connectivity index (χ1n) is 10.2. The number of imidazole rings is 1. The molecule has 3 heterocycles. The van der Waals surface area contributed by atoms with Gasteiger partial charge in [-0.05, 0) is 43.5 Å². The second kappa shape index (κ2) is 8.51. The van der Waals surface area contributed by atoms with Crippen LogP contribution in [0.15, 0.2) is 47.1 Å². The minimum atomic E-state index is -0.373. The summed E-state index contributed by atoms with van der Waals surface area (Å²) in [6.07, 6.45) is 4.41. The van der Waals surface area contributed by atoms with Gasteiger partial charge in [-0.15, -0.1) is 0 Å². The Kier molecular flexibility index (Phi) is 5.64. The van der Waals surface area contributed by atoms with Crippen molar-refractivity contribution in [2.24, 2.45) is 0 Å². The molecule has 4 rings (SSSR count). The third-order valence-electron chi connectivity index (χ3n) is 5.42. The van der Waals surface area contributed by atoms with Crippen molar-refractivity contribution in [3.63, 3.8) is 0 Å². The van der Waals surface area contributed by atoms with Crippen molar-refractivity contribution in [2.45, 2.75) is 38.6 Å². The highest BCUT2D eigenvalue weighted by molar-refractivity contribution is 5.94. The molecule has 1 unspecified atom stereocenters. The van der Waals surface area contributed by atoms with E-state index in [1.807, 2.05) is 23.1 Å². The zero-order chi connectivity index (χ0) is 20.2. The fourth-order valence-electron chi connectivity index (χ4n) is 4.04. The lowest BCUT2D eigenvalue weighted by Gasteiger charge is -2.32. The lowest BCUT2D eigenvalue weighted by atomic mass is 9.97. The van der Waals surface area contributed by atoms with E-state index in [2.05, 4.69) is 22.9 Å². The van der Waals surface area contributed by atoms with Gasteiger partial charge in [0.2, 0.25) is 5.91 Å². The molecule has 29 heavy (non-hydrogen) atoms. The number of carbonyl (C=O) groups excluding carboxylic acids is 2. The van der Waals surface area contributed by atoms with Crippen molar-refractivity contribution >= 4 is 22.8 Å². The van der Waals surface area contributed by atoms with Crippen LogP contribution in [-0.2, 0) is 11.3 Å². The molecule has 1 N–H and O–H groups in total. The van der Waals surface area contributed by atoms with Crippen molar-refractivity contribution in [1.29, 1.82) is 0 Å². The SMILES string of the molecule is CCCn1c(C2CCCN(C(=O)CNC(=O)c3ccco3)C2)nc2ccccc21. The molecule has 1 aromatic carbocycles. The van der Waals surface area contributed by atoms with E-state index in [0.717, 1.165) is 42.7 Å². The Balaban J connectivity index is 1.45. The van der Waals surface area contributed by atoms with E-state index in [0.29, 0.717) is 13.1 Å². The number of nitrogens with zero attached hydrogens (tertiary/aromatic N) is 3. The van der Waals surface area contributed by atoms with E-state index < -0.39 is 0 Å². The van der Waals surface area contributed by atoms with Crippen LogP contribution >= 0.6 is 0 Å². The van der Waals surface area contributed by atoms with Crippen molar-refractivity contribution in [1.82, 2.24) is 19.8 Å². The number of piperidine rings is 1. The van der Waals surface area contributed by atoms with Gasteiger partial charge in [-0.3, -0.25) is 9.59 Å². The molecule has 0 radical (unpaired) electrons. The fraction of sp³-hybridized carbons (Fsp3) is 0.409. The second-order valence-corrected chi connectivity index (χ2v) is 7.45. The molecule has 1 atom stereocenters. The highest BCUT2D eigenvalue weighted by Gasteiger charge is 2.28. The number of hydrogen-bond acceptors (Lipinski definition) is 4. The summed E-state index contributed by atoms with van der Waals surface area (Å²) < 4.78 is 7.36. The van der Waals surface area contributed by atoms with Crippen LogP contribution in [0.5, 0.6) is 0 Å². The minimum absolute atomic E-state index is 0.0301. The third kappa shape index (κ3) is 4.04. The Morgan fingerprint density at radius 3 is 2.90 bits per heavy atom. The summed E-state index contributed by atoms with van der Waals surface area (Å²) >= 11 is 0. The predicted molar refractivity (Wildman–Crippen MR) is 110 cm³/mol. The molecule has 7 nitrogen and oxygen atoms in total. The maximum Gasteiger partial charge on any atom is 0.287 e. The number of benzene rings is 1. The lowest BCUT2D eigenvalue weighted by Crippen LogP contribution is -2.44. The Bertz CT molecular complexity index is 993. The first-order chi connectivity index (χ1) is 14.2. The number of likely N-dealkylation sites (tertiary alicyclic amines) is 1. The number of amides is 2. The van der Waals surface area contributed by atoms with E-state index in [9.17, 15) is 9.59 Å². The Morgan fingerprint density at radius 1 is 1.24 bits per heavy atom. The summed E-state index contributed by atoms with van der Waals surface area (Å²) in [7, 11) is 0. The van der Waals surface area contributed by atoms with Gasteiger partial charge in [0.25, 0.3) is 5.91 Å². The van der Waals surface area contributed by atoms with Gasteiger partial charge in [0.15, 0.2) is 5.76 Å². The number of carbonyl (C=O) groups is 2. The summed E-state index contributed by atoms with van der Waals surface area (Å²) in [5.41, 5.74) is 2.16. The molecular weight excluding hydrogens is 368 g/mol. The van der Waals surface area contributed by atoms with Gasteiger partial charge in [0.05, 0.1) is 23.8 Å². The highest BCUT2D eigenvalue weighted by atomic mass is 16.3. The average molecular weight is 394 g/mol. The number of furan rings is 1. The summed E-state index contributed by atoms with van der Waals surface area (Å²) in [6.45, 7) is 4.39. The zero-order valence-electron chi connectivity index (χ0n) is 16.6. The van der Waals surface area contributed by atoms with E-state index in [1.165, 1.54) is 6.26 Å². The second-order valence-electron chi connectivity index (χ2n) is 7.45. The number of nitrogens with one attached hydrogen (secondary N) is 1. The monoisotopic (exact) mass is 394 g/mol. The minimum Gasteiger partial charge on any atom is -0.459 e. The van der Waals surface area contributed by atoms with Crippen LogP contribution in [0.3, 0.4) is 0 Å². The van der Waals surface area contributed by atoms with Gasteiger partial charge in [-0.2, -0.15) is 0 Å². The third-order valence-corrected chi connectivity index (χ3v) is 5.42. The standard InChI is InChI=1S/C22H26N4O3/c1-2-11-26-18-9-4-3-8-17(18)24-21(26)16-7-5-12-25(15-16)20(27)14-23-22(28)19-10-6-13-29-19/h3-4,6,8-10,13,16H,2,5,7,11-12,14-15H2,1H3,(H,23,28). The molecule has 1 aliphatic rings. The smallest absolute Gasteiger partial charge is 0.287 e. The molecule has 0 spiro atoms. The highest BCUT2D eigenvalue weighted by Crippen LogP contribution is 2.29. The molecule has 3 aromatic rings. The van der Waals surface area contributed by atoms with Gasteiger partial charge in [-0.1, -0.05) is 19.1 Å². The van der Waals surface area contributed by atoms with Gasteiger partial charge in [-0.25, -0.2) is 4.98 Å². The molecule has 2 amide bonds. The van der Waals surface area contributed by atoms with Crippen LogP contribution in [-0.4, -0.2) is 45.9 Å². The van der Waals surface area contributed by atoms with Gasteiger partial charge < -0.3 is 19.2 Å². The summed E-state index contributed by atoms with van der Waals surface area (Å²) in [5, 5.41) is 2.65. The Labute approximate surface area is 169 Å². The molecular formula is C22H26N4O3. The molecule has 1 fully saturated rings. The Morgan fingerprint density at radius 2 is 2.10 bits per heavy atom. The number of aryl methyl sites for hydroxylation is 1. The molecule has 0 aliphatic carbocycles. The molecule has 7 heteroatoms. The quantitative estimate of drug-likeness (QED) is 0.696. The van der Waals surface area contributed by atoms with Crippen LogP contribution in [0, 0.1) is 0 Å². The zero-order valence-corrected chi connectivity index (χ0v) is 16.6. The van der Waals surface area contributed by atoms with Crippen LogP contribution in [0.1, 0.15) is 48.5 Å². The predicted octanol–water partition coefficient (Wildman–Crippen LogP) is 3.18. The van der Waals surface area contributed by atoms with Crippen LogP contribution in [0.4, 0.5) is 0 Å². The fourth-order valence-corrected chi connectivity index (χ4v) is 4.04. The van der Waals surface area contributed by atoms with Crippen molar-refractivity contribution in [3.05, 3.63) is 54.2 Å². The lowest BCUT2D eigenvalue weighted by molar-refractivity contribution is -0.131. The summed E-state index contributed by atoms with van der Waals surface area (Å²) in [5.74, 6) is 1.02. The summed E-state index contributed by atoms with van der Waals surface area (Å²) in [4.78, 5) is 31.4. The van der Waals surface area contributed by atoms with E-state index in [4.69, 9.17) is 9.40 Å². The van der Waals surface area contributed by atoms with Crippen LogP contribution in [0.2, 0.25) is 0 Å². The number of hydrogen-bond donors (Lipinski definition) is 1. The first kappa shape index (κ1) is 19.2. The van der Waals surface area contributed by atoms with E-state index >= 15 is 0 Å². The van der Waals surface area contributed by atoms with Gasteiger partial charge >= 0.3 is 0 Å². The Hall–Kier alpha value is -3.09. The van der Waals surface area contributed by atoms with E-state index in [1.54, 1.807) is 12.1 Å². The normalized spacial score (nSPS) is 16.9. The molecule has 2 aromatic heterocycles. The maximum atomic E-state index is 12.7. The van der Waals surface area contributed by atoms with Crippen molar-refractivity contribution < 1.29 is 14.0 Å². The van der Waals surface area contributed by atoms with Crippen molar-refractivity contribution in [2.75, 3.05) is 19.6 Å². The number of aromatic nitrogens is 2. The van der Waals surface area contributed by atoms with Gasteiger partial charge in [0.1, 0.15) is 5.82 Å². The van der Waals surface area contributed by atoms with Crippen LogP contribution in [0.25, 0.3) is 11.0 Å². The number of fused-ring (bicyclic) bond motifs is 1. The first-order valence-corrected chi connectivity index (χ1v) is 10.2. The topological polar surface area (TPSA) is 80.4 Å². The number of para-hydroxylation sites is 2. The molecule has 0 bridgehead atoms.